The van der Waals surface area contributed by atoms with Crippen LogP contribution in [0.25, 0.3) is 11.0 Å². The first-order chi connectivity index (χ1) is 9.86. The molecule has 1 unspecified atom stereocenters. The fraction of sp³-hybridized carbons (Fsp3) is 0.250. The van der Waals surface area contributed by atoms with Crippen molar-refractivity contribution in [1.29, 1.82) is 0 Å². The van der Waals surface area contributed by atoms with Crippen molar-refractivity contribution in [3.63, 3.8) is 0 Å². The highest BCUT2D eigenvalue weighted by molar-refractivity contribution is 5.74. The lowest BCUT2D eigenvalue weighted by atomic mass is 10.1. The van der Waals surface area contributed by atoms with Crippen molar-refractivity contribution in [3.05, 3.63) is 53.6 Å². The fourth-order valence-corrected chi connectivity index (χ4v) is 3.07. The fourth-order valence-electron chi connectivity index (χ4n) is 3.07. The van der Waals surface area contributed by atoms with Crippen LogP contribution in [0.2, 0.25) is 0 Å². The third-order valence-corrected chi connectivity index (χ3v) is 4.07. The number of aromatic nitrogens is 3. The minimum atomic E-state index is 0.281. The zero-order valence-corrected chi connectivity index (χ0v) is 11.3. The number of para-hydroxylation sites is 1. The molecule has 2 aromatic carbocycles. The van der Waals surface area contributed by atoms with Crippen LogP contribution in [-0.4, -0.2) is 22.1 Å². The average Bonchev–Trinajstić information content (AvgIpc) is 3.09. The lowest BCUT2D eigenvalue weighted by molar-refractivity contribution is 0.414. The van der Waals surface area contributed by atoms with Crippen LogP contribution < -0.4 is 4.74 Å². The summed E-state index contributed by atoms with van der Waals surface area (Å²) in [5.41, 5.74) is 4.74. The lowest BCUT2D eigenvalue weighted by Gasteiger charge is -2.13. The van der Waals surface area contributed by atoms with Crippen LogP contribution >= 0.6 is 0 Å². The van der Waals surface area contributed by atoms with Crippen LogP contribution in [0.4, 0.5) is 0 Å². The third-order valence-electron chi connectivity index (χ3n) is 4.07. The Morgan fingerprint density at radius 2 is 2.10 bits per heavy atom. The maximum absolute atomic E-state index is 5.30. The van der Waals surface area contributed by atoms with E-state index >= 15 is 0 Å². The summed E-state index contributed by atoms with van der Waals surface area (Å²) >= 11 is 0. The number of fused-ring (bicyclic) bond motifs is 2. The van der Waals surface area contributed by atoms with E-state index in [1.165, 1.54) is 11.1 Å². The number of hydrogen-bond donors (Lipinski definition) is 0. The molecule has 0 spiro atoms. The van der Waals surface area contributed by atoms with Gasteiger partial charge in [0.05, 0.1) is 18.7 Å². The largest absolute Gasteiger partial charge is 0.497 e. The number of rotatable bonds is 2. The van der Waals surface area contributed by atoms with Crippen molar-refractivity contribution in [3.8, 4) is 5.75 Å². The second-order valence-corrected chi connectivity index (χ2v) is 5.14. The van der Waals surface area contributed by atoms with Gasteiger partial charge in [0.2, 0.25) is 0 Å². The molecule has 4 heteroatoms. The highest BCUT2D eigenvalue weighted by atomic mass is 16.5. The van der Waals surface area contributed by atoms with Crippen LogP contribution in [0.5, 0.6) is 5.75 Å². The summed E-state index contributed by atoms with van der Waals surface area (Å²) in [6, 6.07) is 14.7. The number of hydrogen-bond acceptors (Lipinski definition) is 3. The molecule has 0 saturated carbocycles. The van der Waals surface area contributed by atoms with Crippen molar-refractivity contribution >= 4 is 11.0 Å². The predicted octanol–water partition coefficient (Wildman–Crippen LogP) is 2.98. The second kappa shape index (κ2) is 4.34. The summed E-state index contributed by atoms with van der Waals surface area (Å²) in [4.78, 5) is 0. The molecule has 100 valence electrons. The molecule has 0 bridgehead atoms. The monoisotopic (exact) mass is 265 g/mol. The summed E-state index contributed by atoms with van der Waals surface area (Å²) in [5, 5.41) is 8.61. The number of benzene rings is 2. The van der Waals surface area contributed by atoms with Gasteiger partial charge in [-0.3, -0.25) is 0 Å². The number of aryl methyl sites for hydroxylation is 1. The Morgan fingerprint density at radius 1 is 1.20 bits per heavy atom. The third kappa shape index (κ3) is 1.61. The van der Waals surface area contributed by atoms with Gasteiger partial charge in [0, 0.05) is 0 Å². The highest BCUT2D eigenvalue weighted by Crippen LogP contribution is 2.37. The zero-order chi connectivity index (χ0) is 13.5. The molecule has 0 radical (unpaired) electrons. The van der Waals surface area contributed by atoms with E-state index in [1.807, 2.05) is 28.9 Å². The van der Waals surface area contributed by atoms with Gasteiger partial charge in [-0.25, -0.2) is 4.68 Å². The number of nitrogens with zero attached hydrogens (tertiary/aromatic N) is 3. The minimum absolute atomic E-state index is 0.281. The number of methoxy groups -OCH3 is 1. The van der Waals surface area contributed by atoms with Crippen molar-refractivity contribution in [2.45, 2.75) is 18.9 Å². The molecular weight excluding hydrogens is 250 g/mol. The first kappa shape index (κ1) is 11.5. The van der Waals surface area contributed by atoms with Crippen LogP contribution in [0.1, 0.15) is 23.6 Å². The minimum Gasteiger partial charge on any atom is -0.497 e. The molecule has 1 atom stereocenters. The molecule has 3 aromatic rings. The summed E-state index contributed by atoms with van der Waals surface area (Å²) in [5.74, 6) is 0.924. The smallest absolute Gasteiger partial charge is 0.119 e. The molecule has 0 saturated heterocycles. The van der Waals surface area contributed by atoms with Gasteiger partial charge in [-0.1, -0.05) is 23.4 Å². The Balaban J connectivity index is 1.82. The molecule has 0 aliphatic heterocycles. The molecular formula is C16H15N3O. The normalized spacial score (nSPS) is 17.4. The van der Waals surface area contributed by atoms with Gasteiger partial charge >= 0.3 is 0 Å². The maximum atomic E-state index is 5.30. The first-order valence-electron chi connectivity index (χ1n) is 6.83. The van der Waals surface area contributed by atoms with E-state index in [4.69, 9.17) is 4.74 Å². The van der Waals surface area contributed by atoms with Crippen LogP contribution in [0.3, 0.4) is 0 Å². The van der Waals surface area contributed by atoms with Crippen LogP contribution in [0.15, 0.2) is 42.5 Å². The van der Waals surface area contributed by atoms with Crippen molar-refractivity contribution in [2.24, 2.45) is 0 Å². The Labute approximate surface area is 117 Å². The predicted molar refractivity (Wildman–Crippen MR) is 77.0 cm³/mol. The quantitative estimate of drug-likeness (QED) is 0.715. The Bertz CT molecular complexity index is 778. The first-order valence-corrected chi connectivity index (χ1v) is 6.83. The molecule has 1 heterocycles. The Hall–Kier alpha value is -2.36. The van der Waals surface area contributed by atoms with Crippen molar-refractivity contribution in [1.82, 2.24) is 15.0 Å². The van der Waals surface area contributed by atoms with E-state index in [0.717, 1.165) is 29.6 Å². The summed E-state index contributed by atoms with van der Waals surface area (Å²) < 4.78 is 7.35. The molecule has 1 aliphatic carbocycles. The Kier molecular flexibility index (Phi) is 2.49. The van der Waals surface area contributed by atoms with Gasteiger partial charge in [-0.2, -0.15) is 0 Å². The van der Waals surface area contributed by atoms with Crippen molar-refractivity contribution in [2.75, 3.05) is 7.11 Å². The van der Waals surface area contributed by atoms with E-state index in [-0.39, 0.29) is 6.04 Å². The highest BCUT2D eigenvalue weighted by Gasteiger charge is 2.26. The Morgan fingerprint density at radius 3 is 3.00 bits per heavy atom. The molecule has 20 heavy (non-hydrogen) atoms. The molecule has 1 aromatic heterocycles. The zero-order valence-electron chi connectivity index (χ0n) is 11.3. The molecule has 4 rings (SSSR count). The van der Waals surface area contributed by atoms with Crippen molar-refractivity contribution < 1.29 is 4.74 Å². The maximum Gasteiger partial charge on any atom is 0.119 e. The van der Waals surface area contributed by atoms with E-state index in [9.17, 15) is 0 Å². The summed E-state index contributed by atoms with van der Waals surface area (Å²) in [7, 11) is 1.71. The molecule has 0 fully saturated rings. The SMILES string of the molecule is COc1ccc2c(c1)CCC2n1nnc2ccccc21. The van der Waals surface area contributed by atoms with Crippen LogP contribution in [0, 0.1) is 0 Å². The van der Waals surface area contributed by atoms with Crippen LogP contribution in [-0.2, 0) is 6.42 Å². The average molecular weight is 265 g/mol. The molecule has 0 N–H and O–H groups in total. The lowest BCUT2D eigenvalue weighted by Crippen LogP contribution is -2.09. The van der Waals surface area contributed by atoms with Gasteiger partial charge in [-0.05, 0) is 48.2 Å². The summed E-state index contributed by atoms with van der Waals surface area (Å²) in [6.45, 7) is 0. The number of ether oxygens (including phenoxy) is 1. The van der Waals surface area contributed by atoms with E-state index < -0.39 is 0 Å². The summed E-state index contributed by atoms with van der Waals surface area (Å²) in [6.07, 6.45) is 2.13. The van der Waals surface area contributed by atoms with E-state index in [1.54, 1.807) is 7.11 Å². The van der Waals surface area contributed by atoms with Gasteiger partial charge < -0.3 is 4.74 Å². The van der Waals surface area contributed by atoms with Gasteiger partial charge in [0.1, 0.15) is 11.3 Å². The van der Waals surface area contributed by atoms with Gasteiger partial charge in [0.25, 0.3) is 0 Å². The van der Waals surface area contributed by atoms with E-state index in [0.29, 0.717) is 0 Å². The topological polar surface area (TPSA) is 39.9 Å². The molecule has 4 nitrogen and oxygen atoms in total. The molecule has 0 amide bonds. The van der Waals surface area contributed by atoms with Gasteiger partial charge in [0.15, 0.2) is 0 Å². The standard InChI is InChI=1S/C16H15N3O/c1-20-12-7-8-13-11(10-12)6-9-15(13)19-16-5-3-2-4-14(16)17-18-19/h2-5,7-8,10,15H,6,9H2,1H3. The molecule has 1 aliphatic rings. The van der Waals surface area contributed by atoms with E-state index in [2.05, 4.69) is 28.5 Å². The van der Waals surface area contributed by atoms with Gasteiger partial charge in [-0.15, -0.1) is 5.10 Å². The second-order valence-electron chi connectivity index (χ2n) is 5.14.